The SMILES string of the molecule is COC(=O)c1ccc(CNC(=O)c2c(C)cc(CCC(C)C)oc2=O)cc1. The van der Waals surface area contributed by atoms with E-state index in [0.717, 1.165) is 12.0 Å². The first-order chi connectivity index (χ1) is 12.8. The van der Waals surface area contributed by atoms with Gasteiger partial charge in [0, 0.05) is 13.0 Å². The molecular formula is C21H25NO5. The molecule has 27 heavy (non-hydrogen) atoms. The van der Waals surface area contributed by atoms with Crippen molar-refractivity contribution in [2.75, 3.05) is 7.11 Å². The highest BCUT2D eigenvalue weighted by Crippen LogP contribution is 2.12. The van der Waals surface area contributed by atoms with Crippen molar-refractivity contribution in [2.45, 2.75) is 40.2 Å². The second-order valence-corrected chi connectivity index (χ2v) is 6.86. The molecule has 1 N–H and O–H groups in total. The maximum Gasteiger partial charge on any atom is 0.349 e. The van der Waals surface area contributed by atoms with Crippen LogP contribution in [0.5, 0.6) is 0 Å². The summed E-state index contributed by atoms with van der Waals surface area (Å²) in [7, 11) is 1.32. The highest BCUT2D eigenvalue weighted by atomic mass is 16.5. The number of nitrogens with one attached hydrogen (secondary N) is 1. The van der Waals surface area contributed by atoms with E-state index in [2.05, 4.69) is 23.9 Å². The molecule has 144 valence electrons. The van der Waals surface area contributed by atoms with Gasteiger partial charge in [0.05, 0.1) is 12.7 Å². The van der Waals surface area contributed by atoms with Gasteiger partial charge in [-0.15, -0.1) is 0 Å². The van der Waals surface area contributed by atoms with Gasteiger partial charge in [0.15, 0.2) is 0 Å². The van der Waals surface area contributed by atoms with E-state index >= 15 is 0 Å². The largest absolute Gasteiger partial charge is 0.465 e. The van der Waals surface area contributed by atoms with Gasteiger partial charge >= 0.3 is 11.6 Å². The summed E-state index contributed by atoms with van der Waals surface area (Å²) in [5.41, 5.74) is 1.23. The standard InChI is InChI=1S/C21H25NO5/c1-13(2)5-10-17-11-14(3)18(21(25)27-17)19(23)22-12-15-6-8-16(9-7-15)20(24)26-4/h6-9,11,13H,5,10,12H2,1-4H3,(H,22,23). The average molecular weight is 371 g/mol. The van der Waals surface area contributed by atoms with Crippen LogP contribution in [0.15, 0.2) is 39.5 Å². The van der Waals surface area contributed by atoms with Crippen LogP contribution in [0, 0.1) is 12.8 Å². The zero-order valence-electron chi connectivity index (χ0n) is 16.1. The summed E-state index contributed by atoms with van der Waals surface area (Å²) >= 11 is 0. The molecule has 0 fully saturated rings. The van der Waals surface area contributed by atoms with Crippen LogP contribution in [0.4, 0.5) is 0 Å². The molecule has 6 nitrogen and oxygen atoms in total. The summed E-state index contributed by atoms with van der Waals surface area (Å²) in [6.45, 7) is 6.17. The third-order valence-electron chi connectivity index (χ3n) is 4.22. The molecule has 0 spiro atoms. The number of carbonyl (C=O) groups is 2. The van der Waals surface area contributed by atoms with E-state index < -0.39 is 17.5 Å². The number of amides is 1. The lowest BCUT2D eigenvalue weighted by molar-refractivity contribution is 0.0600. The van der Waals surface area contributed by atoms with Gasteiger partial charge in [-0.1, -0.05) is 26.0 Å². The minimum absolute atomic E-state index is 0.0227. The fraction of sp³-hybridized carbons (Fsp3) is 0.381. The molecular weight excluding hydrogens is 346 g/mol. The van der Waals surface area contributed by atoms with Crippen LogP contribution >= 0.6 is 0 Å². The minimum Gasteiger partial charge on any atom is -0.465 e. The quantitative estimate of drug-likeness (QED) is 0.755. The van der Waals surface area contributed by atoms with Gasteiger partial charge in [-0.2, -0.15) is 0 Å². The summed E-state index contributed by atoms with van der Waals surface area (Å²) in [6, 6.07) is 8.44. The Labute approximate surface area is 158 Å². The Morgan fingerprint density at radius 2 is 1.85 bits per heavy atom. The summed E-state index contributed by atoms with van der Waals surface area (Å²) < 4.78 is 9.94. The van der Waals surface area contributed by atoms with Crippen molar-refractivity contribution in [1.82, 2.24) is 5.32 Å². The third-order valence-corrected chi connectivity index (χ3v) is 4.22. The Balaban J connectivity index is 2.05. The maximum atomic E-state index is 12.4. The molecule has 2 rings (SSSR count). The molecule has 0 bridgehead atoms. The molecule has 0 unspecified atom stereocenters. The third kappa shape index (κ3) is 5.54. The van der Waals surface area contributed by atoms with Gasteiger partial charge < -0.3 is 14.5 Å². The zero-order valence-corrected chi connectivity index (χ0v) is 16.1. The van der Waals surface area contributed by atoms with Crippen LogP contribution in [0.25, 0.3) is 0 Å². The molecule has 1 heterocycles. The number of carbonyl (C=O) groups excluding carboxylic acids is 2. The Morgan fingerprint density at radius 3 is 2.41 bits per heavy atom. The van der Waals surface area contributed by atoms with Gasteiger partial charge in [-0.25, -0.2) is 9.59 Å². The molecule has 0 aliphatic heterocycles. The van der Waals surface area contributed by atoms with Crippen LogP contribution in [0.3, 0.4) is 0 Å². The highest BCUT2D eigenvalue weighted by molar-refractivity contribution is 5.95. The normalized spacial score (nSPS) is 10.7. The monoisotopic (exact) mass is 371 g/mol. The van der Waals surface area contributed by atoms with Crippen LogP contribution in [-0.4, -0.2) is 19.0 Å². The van der Waals surface area contributed by atoms with E-state index in [4.69, 9.17) is 4.42 Å². The Bertz CT molecular complexity index is 865. The van der Waals surface area contributed by atoms with Crippen molar-refractivity contribution in [3.63, 3.8) is 0 Å². The van der Waals surface area contributed by atoms with Crippen molar-refractivity contribution < 1.29 is 18.7 Å². The number of rotatable bonds is 7. The lowest BCUT2D eigenvalue weighted by Crippen LogP contribution is -2.29. The molecule has 0 saturated carbocycles. The topological polar surface area (TPSA) is 85.6 Å². The first-order valence-electron chi connectivity index (χ1n) is 8.91. The fourth-order valence-electron chi connectivity index (χ4n) is 2.65. The van der Waals surface area contributed by atoms with Crippen molar-refractivity contribution >= 4 is 11.9 Å². The van der Waals surface area contributed by atoms with Crippen molar-refractivity contribution in [1.29, 1.82) is 0 Å². The number of esters is 1. The van der Waals surface area contributed by atoms with Gasteiger partial charge in [0.2, 0.25) is 0 Å². The molecule has 6 heteroatoms. The lowest BCUT2D eigenvalue weighted by Gasteiger charge is -2.09. The minimum atomic E-state index is -0.618. The van der Waals surface area contributed by atoms with Gasteiger partial charge in [0.1, 0.15) is 11.3 Å². The summed E-state index contributed by atoms with van der Waals surface area (Å²) in [6.07, 6.45) is 1.58. The summed E-state index contributed by atoms with van der Waals surface area (Å²) in [5.74, 6) is 0.204. The summed E-state index contributed by atoms with van der Waals surface area (Å²) in [4.78, 5) is 36.1. The van der Waals surface area contributed by atoms with E-state index in [1.807, 2.05) is 0 Å². The Morgan fingerprint density at radius 1 is 1.19 bits per heavy atom. The zero-order chi connectivity index (χ0) is 20.0. The molecule has 1 aromatic heterocycles. The first-order valence-corrected chi connectivity index (χ1v) is 8.91. The Kier molecular flexibility index (Phi) is 6.93. The van der Waals surface area contributed by atoms with Crippen LogP contribution in [0.1, 0.15) is 57.9 Å². The molecule has 0 atom stereocenters. The molecule has 1 amide bonds. The predicted octanol–water partition coefficient (Wildman–Crippen LogP) is 3.25. The molecule has 0 aliphatic carbocycles. The second kappa shape index (κ2) is 9.16. The van der Waals surface area contributed by atoms with Crippen LogP contribution in [0.2, 0.25) is 0 Å². The van der Waals surface area contributed by atoms with Crippen LogP contribution < -0.4 is 10.9 Å². The fourth-order valence-corrected chi connectivity index (χ4v) is 2.65. The van der Waals surface area contributed by atoms with Gasteiger partial charge in [-0.05, 0) is 48.6 Å². The number of ether oxygens (including phenoxy) is 1. The van der Waals surface area contributed by atoms with E-state index in [1.165, 1.54) is 7.11 Å². The van der Waals surface area contributed by atoms with E-state index in [9.17, 15) is 14.4 Å². The molecule has 1 aromatic carbocycles. The number of aryl methyl sites for hydroxylation is 2. The first kappa shape index (κ1) is 20.4. The smallest absolute Gasteiger partial charge is 0.349 e. The van der Waals surface area contributed by atoms with E-state index in [0.29, 0.717) is 29.2 Å². The van der Waals surface area contributed by atoms with Crippen molar-refractivity contribution in [3.05, 3.63) is 68.8 Å². The predicted molar refractivity (Wildman–Crippen MR) is 102 cm³/mol. The number of methoxy groups -OCH3 is 1. The van der Waals surface area contributed by atoms with Crippen LogP contribution in [-0.2, 0) is 17.7 Å². The molecule has 0 aliphatic rings. The highest BCUT2D eigenvalue weighted by Gasteiger charge is 2.17. The Hall–Kier alpha value is -2.89. The molecule has 2 aromatic rings. The second-order valence-electron chi connectivity index (χ2n) is 6.86. The summed E-state index contributed by atoms with van der Waals surface area (Å²) in [5, 5.41) is 2.71. The lowest BCUT2D eigenvalue weighted by atomic mass is 10.0. The van der Waals surface area contributed by atoms with E-state index in [-0.39, 0.29) is 12.1 Å². The van der Waals surface area contributed by atoms with Crippen molar-refractivity contribution in [3.8, 4) is 0 Å². The average Bonchev–Trinajstić information content (AvgIpc) is 2.64. The van der Waals surface area contributed by atoms with Gasteiger partial charge in [0.25, 0.3) is 5.91 Å². The maximum absolute atomic E-state index is 12.4. The molecule has 0 saturated heterocycles. The van der Waals surface area contributed by atoms with E-state index in [1.54, 1.807) is 37.3 Å². The molecule has 0 radical (unpaired) electrons. The number of hydrogen-bond acceptors (Lipinski definition) is 5. The number of hydrogen-bond donors (Lipinski definition) is 1. The van der Waals surface area contributed by atoms with Gasteiger partial charge in [-0.3, -0.25) is 4.79 Å². The number of benzene rings is 1. The van der Waals surface area contributed by atoms with Crippen molar-refractivity contribution in [2.24, 2.45) is 5.92 Å².